The number of hydrogen-bond donors (Lipinski definition) is 3. The van der Waals surface area contributed by atoms with E-state index in [0.29, 0.717) is 15.9 Å². The second-order valence-corrected chi connectivity index (χ2v) is 5.51. The molecule has 0 bridgehead atoms. The van der Waals surface area contributed by atoms with E-state index in [1.807, 2.05) is 0 Å². The number of thioether (sulfide) groups is 1. The number of nitrogens with two attached hydrogens (primary N) is 1. The van der Waals surface area contributed by atoms with Gasteiger partial charge in [0.2, 0.25) is 17.0 Å². The van der Waals surface area contributed by atoms with Crippen molar-refractivity contribution in [2.24, 2.45) is 0 Å². The molecule has 1 heterocycles. The fraction of sp³-hybridized carbons (Fsp3) is 0.182. The summed E-state index contributed by atoms with van der Waals surface area (Å²) >= 11 is 7.06. The summed E-state index contributed by atoms with van der Waals surface area (Å²) in [6, 6.07) is 6.96. The first-order valence-electron chi connectivity index (χ1n) is 5.45. The maximum absolute atomic E-state index is 12.0. The molecular formula is C11H12ClN5OS. The lowest BCUT2D eigenvalue weighted by Gasteiger charge is -2.10. The van der Waals surface area contributed by atoms with Gasteiger partial charge in [-0.15, -0.1) is 5.10 Å². The lowest BCUT2D eigenvalue weighted by molar-refractivity contribution is -0.115. The van der Waals surface area contributed by atoms with Gasteiger partial charge in [0, 0.05) is 10.7 Å². The number of nitrogen functional groups attached to an aromatic ring is 1. The number of carbonyl (C=O) groups is 1. The summed E-state index contributed by atoms with van der Waals surface area (Å²) in [7, 11) is 0. The Morgan fingerprint density at radius 3 is 3.00 bits per heavy atom. The Hall–Kier alpha value is -1.73. The van der Waals surface area contributed by atoms with Crippen LogP contribution in [0, 0.1) is 0 Å². The second kappa shape index (κ2) is 5.94. The Kier molecular flexibility index (Phi) is 4.28. The highest BCUT2D eigenvalue weighted by molar-refractivity contribution is 8.00. The maximum atomic E-state index is 12.0. The van der Waals surface area contributed by atoms with Crippen molar-refractivity contribution in [2.75, 3.05) is 11.1 Å². The first-order valence-corrected chi connectivity index (χ1v) is 6.71. The van der Waals surface area contributed by atoms with Crippen LogP contribution in [0.3, 0.4) is 0 Å². The van der Waals surface area contributed by atoms with E-state index >= 15 is 0 Å². The van der Waals surface area contributed by atoms with Crippen molar-refractivity contribution in [3.63, 3.8) is 0 Å². The van der Waals surface area contributed by atoms with Crippen LogP contribution in [-0.2, 0) is 4.79 Å². The molecule has 0 unspecified atom stereocenters. The van der Waals surface area contributed by atoms with E-state index in [2.05, 4.69) is 20.5 Å². The molecule has 2 rings (SSSR count). The molecule has 1 atom stereocenters. The van der Waals surface area contributed by atoms with Crippen molar-refractivity contribution in [1.82, 2.24) is 15.2 Å². The van der Waals surface area contributed by atoms with Gasteiger partial charge >= 0.3 is 0 Å². The molecule has 0 aliphatic rings. The third-order valence-corrected chi connectivity index (χ3v) is 3.42. The molecule has 4 N–H and O–H groups in total. The Labute approximate surface area is 119 Å². The Bertz CT molecular complexity index is 588. The van der Waals surface area contributed by atoms with E-state index in [9.17, 15) is 4.79 Å². The van der Waals surface area contributed by atoms with Gasteiger partial charge in [-0.05, 0) is 25.1 Å². The van der Waals surface area contributed by atoms with E-state index in [0.717, 1.165) is 0 Å². The first kappa shape index (κ1) is 13.7. The lowest BCUT2D eigenvalue weighted by Crippen LogP contribution is -2.22. The van der Waals surface area contributed by atoms with Crippen LogP contribution in [-0.4, -0.2) is 26.3 Å². The number of carbonyl (C=O) groups excluding carboxylic acids is 1. The number of halogens is 1. The summed E-state index contributed by atoms with van der Waals surface area (Å²) < 4.78 is 0. The fourth-order valence-corrected chi connectivity index (χ4v) is 2.25. The van der Waals surface area contributed by atoms with Gasteiger partial charge in [-0.1, -0.05) is 29.4 Å². The molecule has 0 spiro atoms. The van der Waals surface area contributed by atoms with Gasteiger partial charge in [0.1, 0.15) is 0 Å². The first-order chi connectivity index (χ1) is 9.04. The van der Waals surface area contributed by atoms with Crippen LogP contribution in [0.1, 0.15) is 6.92 Å². The van der Waals surface area contributed by atoms with Crippen LogP contribution < -0.4 is 11.1 Å². The molecule has 8 heteroatoms. The number of nitrogens with zero attached hydrogens (tertiary/aromatic N) is 2. The quantitative estimate of drug-likeness (QED) is 0.751. The molecule has 0 radical (unpaired) electrons. The standard InChI is InChI=1S/C11H12ClN5OS/c1-6(19-11-15-10(13)16-17-11)9(18)14-8-4-2-3-7(12)5-8/h2-6H,1H3,(H,14,18)(H3,13,15,16,17)/t6-/m0/s1. The summed E-state index contributed by atoms with van der Waals surface area (Å²) in [6.45, 7) is 1.76. The van der Waals surface area contributed by atoms with Crippen molar-refractivity contribution in [3.8, 4) is 0 Å². The Balaban J connectivity index is 1.96. The van der Waals surface area contributed by atoms with Crippen molar-refractivity contribution in [3.05, 3.63) is 29.3 Å². The van der Waals surface area contributed by atoms with Crippen molar-refractivity contribution >= 4 is 40.9 Å². The number of hydrogen-bond acceptors (Lipinski definition) is 5. The molecule has 0 aliphatic carbocycles. The fourth-order valence-electron chi connectivity index (χ4n) is 1.33. The number of H-pyrrole nitrogens is 1. The normalized spacial score (nSPS) is 12.1. The number of aromatic amines is 1. The molecule has 19 heavy (non-hydrogen) atoms. The van der Waals surface area contributed by atoms with E-state index in [4.69, 9.17) is 17.3 Å². The molecular weight excluding hydrogens is 286 g/mol. The van der Waals surface area contributed by atoms with Gasteiger partial charge < -0.3 is 11.1 Å². The lowest BCUT2D eigenvalue weighted by atomic mass is 10.3. The van der Waals surface area contributed by atoms with E-state index in [1.165, 1.54) is 11.8 Å². The second-order valence-electron chi connectivity index (χ2n) is 3.76. The number of anilines is 2. The summed E-state index contributed by atoms with van der Waals surface area (Å²) in [5.41, 5.74) is 6.07. The predicted molar refractivity (Wildman–Crippen MR) is 76.2 cm³/mol. The summed E-state index contributed by atoms with van der Waals surface area (Å²) in [5.74, 6) is 0.0700. The average molecular weight is 298 g/mol. The largest absolute Gasteiger partial charge is 0.368 e. The third-order valence-electron chi connectivity index (χ3n) is 2.23. The average Bonchev–Trinajstić information content (AvgIpc) is 2.74. The molecule has 2 aromatic rings. The van der Waals surface area contributed by atoms with Crippen LogP contribution in [0.25, 0.3) is 0 Å². The SMILES string of the molecule is C[C@H](Sc1n[nH]c(N)n1)C(=O)Nc1cccc(Cl)c1. The maximum Gasteiger partial charge on any atom is 0.237 e. The molecule has 1 amide bonds. The highest BCUT2D eigenvalue weighted by Gasteiger charge is 2.17. The van der Waals surface area contributed by atoms with Gasteiger partial charge in [-0.2, -0.15) is 4.98 Å². The summed E-state index contributed by atoms with van der Waals surface area (Å²) in [5, 5.41) is 9.80. The topological polar surface area (TPSA) is 96.7 Å². The van der Waals surface area contributed by atoms with Crippen molar-refractivity contribution in [1.29, 1.82) is 0 Å². The monoisotopic (exact) mass is 297 g/mol. The van der Waals surface area contributed by atoms with Gasteiger partial charge in [-0.25, -0.2) is 5.10 Å². The van der Waals surface area contributed by atoms with E-state index in [1.54, 1.807) is 31.2 Å². The molecule has 0 fully saturated rings. The predicted octanol–water partition coefficient (Wildman–Crippen LogP) is 2.16. The molecule has 1 aromatic heterocycles. The van der Waals surface area contributed by atoms with Crippen molar-refractivity contribution in [2.45, 2.75) is 17.3 Å². The highest BCUT2D eigenvalue weighted by atomic mass is 35.5. The molecule has 1 aromatic carbocycles. The van der Waals surface area contributed by atoms with E-state index in [-0.39, 0.29) is 17.1 Å². The number of nitrogens with one attached hydrogen (secondary N) is 2. The Morgan fingerprint density at radius 1 is 1.58 bits per heavy atom. The van der Waals surface area contributed by atoms with Gasteiger partial charge in [0.15, 0.2) is 0 Å². The van der Waals surface area contributed by atoms with E-state index < -0.39 is 0 Å². The minimum Gasteiger partial charge on any atom is -0.368 e. The molecule has 0 aliphatic heterocycles. The van der Waals surface area contributed by atoms with Gasteiger partial charge in [0.05, 0.1) is 5.25 Å². The Morgan fingerprint density at radius 2 is 2.37 bits per heavy atom. The number of rotatable bonds is 4. The summed E-state index contributed by atoms with van der Waals surface area (Å²) in [4.78, 5) is 15.9. The van der Waals surface area contributed by atoms with Crippen molar-refractivity contribution < 1.29 is 4.79 Å². The zero-order valence-corrected chi connectivity index (χ0v) is 11.6. The zero-order valence-electron chi connectivity index (χ0n) is 10.1. The minimum absolute atomic E-state index is 0.157. The molecule has 6 nitrogen and oxygen atoms in total. The van der Waals surface area contributed by atoms with Crippen LogP contribution in [0.4, 0.5) is 11.6 Å². The summed E-state index contributed by atoms with van der Waals surface area (Å²) in [6.07, 6.45) is 0. The van der Waals surface area contributed by atoms with Crippen LogP contribution in [0.2, 0.25) is 5.02 Å². The molecule has 0 saturated carbocycles. The van der Waals surface area contributed by atoms with Crippen LogP contribution in [0.15, 0.2) is 29.4 Å². The number of aromatic nitrogens is 3. The third kappa shape index (κ3) is 3.87. The number of amides is 1. The van der Waals surface area contributed by atoms with Gasteiger partial charge in [0.25, 0.3) is 0 Å². The molecule has 100 valence electrons. The zero-order chi connectivity index (χ0) is 13.8. The smallest absolute Gasteiger partial charge is 0.237 e. The highest BCUT2D eigenvalue weighted by Crippen LogP contribution is 2.21. The van der Waals surface area contributed by atoms with Gasteiger partial charge in [-0.3, -0.25) is 4.79 Å². The number of benzene rings is 1. The molecule has 0 saturated heterocycles. The minimum atomic E-state index is -0.353. The van der Waals surface area contributed by atoms with Crippen LogP contribution >= 0.6 is 23.4 Å². The van der Waals surface area contributed by atoms with Crippen LogP contribution in [0.5, 0.6) is 0 Å².